The zero-order valence-electron chi connectivity index (χ0n) is 12.1. The molecule has 3 heteroatoms. The summed E-state index contributed by atoms with van der Waals surface area (Å²) < 4.78 is 0. The lowest BCUT2D eigenvalue weighted by atomic mass is 10.0. The standard InChI is InChI=1S/C17H24N2O/c18-17(8-9-17)13-14-6-5-7-15(12-14)16(20)19-10-3-1-2-4-11-19/h5-7,12H,1-4,8-11,13,18H2. The third-order valence-corrected chi connectivity index (χ3v) is 4.52. The van der Waals surface area contributed by atoms with Crippen LogP contribution in [0.3, 0.4) is 0 Å². The van der Waals surface area contributed by atoms with Crippen LogP contribution >= 0.6 is 0 Å². The largest absolute Gasteiger partial charge is 0.339 e. The number of hydrogen-bond acceptors (Lipinski definition) is 2. The summed E-state index contributed by atoms with van der Waals surface area (Å²) in [6.45, 7) is 1.81. The fraction of sp³-hybridized carbons (Fsp3) is 0.588. The van der Waals surface area contributed by atoms with Crippen LogP contribution in [0.1, 0.15) is 54.4 Å². The van der Waals surface area contributed by atoms with Gasteiger partial charge in [0.25, 0.3) is 5.91 Å². The minimum Gasteiger partial charge on any atom is -0.339 e. The van der Waals surface area contributed by atoms with Crippen molar-refractivity contribution in [2.45, 2.75) is 50.5 Å². The monoisotopic (exact) mass is 272 g/mol. The molecule has 0 atom stereocenters. The van der Waals surface area contributed by atoms with Crippen molar-refractivity contribution in [1.82, 2.24) is 4.90 Å². The minimum atomic E-state index is 0.00424. The van der Waals surface area contributed by atoms with Gasteiger partial charge in [-0.2, -0.15) is 0 Å². The van der Waals surface area contributed by atoms with Gasteiger partial charge in [0.2, 0.25) is 0 Å². The molecule has 1 heterocycles. The van der Waals surface area contributed by atoms with Crippen LogP contribution in [0.5, 0.6) is 0 Å². The molecule has 3 nitrogen and oxygen atoms in total. The van der Waals surface area contributed by atoms with Gasteiger partial charge in [-0.25, -0.2) is 0 Å². The topological polar surface area (TPSA) is 46.3 Å². The average molecular weight is 272 g/mol. The Kier molecular flexibility index (Phi) is 3.79. The molecule has 0 spiro atoms. The van der Waals surface area contributed by atoms with Crippen molar-refractivity contribution in [1.29, 1.82) is 0 Å². The Morgan fingerprint density at radius 1 is 1.15 bits per heavy atom. The first-order valence-corrected chi connectivity index (χ1v) is 7.83. The Morgan fingerprint density at radius 2 is 1.85 bits per heavy atom. The van der Waals surface area contributed by atoms with E-state index in [0.717, 1.165) is 50.8 Å². The summed E-state index contributed by atoms with van der Waals surface area (Å²) in [7, 11) is 0. The smallest absolute Gasteiger partial charge is 0.253 e. The number of nitrogens with zero attached hydrogens (tertiary/aromatic N) is 1. The summed E-state index contributed by atoms with van der Waals surface area (Å²) in [6.07, 6.45) is 7.89. The maximum atomic E-state index is 12.6. The molecule has 1 aliphatic heterocycles. The molecular weight excluding hydrogens is 248 g/mol. The molecule has 1 aromatic carbocycles. The van der Waals surface area contributed by atoms with Crippen LogP contribution in [-0.2, 0) is 6.42 Å². The van der Waals surface area contributed by atoms with E-state index < -0.39 is 0 Å². The highest BCUT2D eigenvalue weighted by Crippen LogP contribution is 2.35. The van der Waals surface area contributed by atoms with E-state index in [1.54, 1.807) is 0 Å². The highest BCUT2D eigenvalue weighted by atomic mass is 16.2. The van der Waals surface area contributed by atoms with Gasteiger partial charge in [-0.3, -0.25) is 4.79 Å². The SMILES string of the molecule is NC1(Cc2cccc(C(=O)N3CCCCCC3)c2)CC1. The van der Waals surface area contributed by atoms with Crippen molar-refractivity contribution in [3.63, 3.8) is 0 Å². The van der Waals surface area contributed by atoms with E-state index in [4.69, 9.17) is 5.73 Å². The summed E-state index contributed by atoms with van der Waals surface area (Å²) in [4.78, 5) is 14.6. The maximum Gasteiger partial charge on any atom is 0.253 e. The fourth-order valence-corrected chi connectivity index (χ4v) is 3.01. The lowest BCUT2D eigenvalue weighted by Gasteiger charge is -2.20. The molecule has 3 rings (SSSR count). The molecular formula is C17H24N2O. The van der Waals surface area contributed by atoms with Crippen LogP contribution in [-0.4, -0.2) is 29.4 Å². The minimum absolute atomic E-state index is 0.00424. The molecule has 0 radical (unpaired) electrons. The Morgan fingerprint density at radius 3 is 2.50 bits per heavy atom. The molecule has 1 saturated carbocycles. The van der Waals surface area contributed by atoms with Crippen molar-refractivity contribution in [2.75, 3.05) is 13.1 Å². The van der Waals surface area contributed by atoms with Crippen molar-refractivity contribution < 1.29 is 4.79 Å². The summed E-state index contributed by atoms with van der Waals surface area (Å²) in [6, 6.07) is 8.06. The molecule has 2 aliphatic rings. The van der Waals surface area contributed by atoms with E-state index in [2.05, 4.69) is 6.07 Å². The third kappa shape index (κ3) is 3.21. The highest BCUT2D eigenvalue weighted by molar-refractivity contribution is 5.94. The maximum absolute atomic E-state index is 12.6. The molecule has 108 valence electrons. The summed E-state index contributed by atoms with van der Waals surface area (Å²) >= 11 is 0. The van der Waals surface area contributed by atoms with Gasteiger partial charge in [-0.1, -0.05) is 25.0 Å². The van der Waals surface area contributed by atoms with E-state index >= 15 is 0 Å². The van der Waals surface area contributed by atoms with Crippen LogP contribution in [0.2, 0.25) is 0 Å². The van der Waals surface area contributed by atoms with Gasteiger partial charge >= 0.3 is 0 Å². The number of hydrogen-bond donors (Lipinski definition) is 1. The van der Waals surface area contributed by atoms with Gasteiger partial charge in [0, 0.05) is 24.2 Å². The number of likely N-dealkylation sites (tertiary alicyclic amines) is 1. The predicted molar refractivity (Wildman–Crippen MR) is 80.7 cm³/mol. The van der Waals surface area contributed by atoms with Crippen LogP contribution in [0.4, 0.5) is 0 Å². The van der Waals surface area contributed by atoms with E-state index in [1.165, 1.54) is 18.4 Å². The highest BCUT2D eigenvalue weighted by Gasteiger charge is 2.38. The van der Waals surface area contributed by atoms with Gasteiger partial charge in [-0.05, 0) is 49.8 Å². The van der Waals surface area contributed by atoms with E-state index in [0.29, 0.717) is 0 Å². The quantitative estimate of drug-likeness (QED) is 0.919. The Balaban J connectivity index is 1.71. The first-order chi connectivity index (χ1) is 9.66. The third-order valence-electron chi connectivity index (χ3n) is 4.52. The second kappa shape index (κ2) is 5.57. The fourth-order valence-electron chi connectivity index (χ4n) is 3.01. The molecule has 2 fully saturated rings. The van der Waals surface area contributed by atoms with Crippen LogP contribution in [0.25, 0.3) is 0 Å². The molecule has 2 N–H and O–H groups in total. The van der Waals surface area contributed by atoms with Gasteiger partial charge in [0.05, 0.1) is 0 Å². The first kappa shape index (κ1) is 13.6. The van der Waals surface area contributed by atoms with E-state index in [-0.39, 0.29) is 11.4 Å². The molecule has 0 bridgehead atoms. The van der Waals surface area contributed by atoms with Crippen molar-refractivity contribution in [2.24, 2.45) is 5.73 Å². The summed E-state index contributed by atoms with van der Waals surface area (Å²) in [5, 5.41) is 0. The zero-order valence-corrected chi connectivity index (χ0v) is 12.1. The first-order valence-electron chi connectivity index (χ1n) is 7.83. The lowest BCUT2D eigenvalue weighted by Crippen LogP contribution is -2.32. The molecule has 1 aromatic rings. The Labute approximate surface area is 121 Å². The van der Waals surface area contributed by atoms with E-state index in [9.17, 15) is 4.79 Å². The molecule has 20 heavy (non-hydrogen) atoms. The normalized spacial score (nSPS) is 21.4. The van der Waals surface area contributed by atoms with Gasteiger partial charge < -0.3 is 10.6 Å². The molecule has 1 aliphatic carbocycles. The molecule has 1 saturated heterocycles. The number of carbonyl (C=O) groups excluding carboxylic acids is 1. The van der Waals surface area contributed by atoms with Crippen molar-refractivity contribution in [3.8, 4) is 0 Å². The van der Waals surface area contributed by atoms with Crippen molar-refractivity contribution >= 4 is 5.91 Å². The van der Waals surface area contributed by atoms with Crippen LogP contribution in [0.15, 0.2) is 24.3 Å². The predicted octanol–water partition coefficient (Wildman–Crippen LogP) is 2.74. The molecule has 1 amide bonds. The summed E-state index contributed by atoms with van der Waals surface area (Å²) in [5.74, 6) is 0.190. The van der Waals surface area contributed by atoms with Crippen molar-refractivity contribution in [3.05, 3.63) is 35.4 Å². The number of carbonyl (C=O) groups is 1. The Bertz CT molecular complexity index is 486. The van der Waals surface area contributed by atoms with Gasteiger partial charge in [0.15, 0.2) is 0 Å². The van der Waals surface area contributed by atoms with Crippen LogP contribution in [0, 0.1) is 0 Å². The van der Waals surface area contributed by atoms with E-state index in [1.807, 2.05) is 23.1 Å². The number of nitrogens with two attached hydrogens (primary N) is 1. The number of benzene rings is 1. The lowest BCUT2D eigenvalue weighted by molar-refractivity contribution is 0.0761. The Hall–Kier alpha value is -1.35. The average Bonchev–Trinajstić information content (AvgIpc) is 3.21. The number of amides is 1. The van der Waals surface area contributed by atoms with Crippen LogP contribution < -0.4 is 5.73 Å². The number of rotatable bonds is 3. The van der Waals surface area contributed by atoms with Gasteiger partial charge in [0.1, 0.15) is 0 Å². The second-order valence-electron chi connectivity index (χ2n) is 6.45. The molecule has 0 unspecified atom stereocenters. The zero-order chi connectivity index (χ0) is 14.0. The summed E-state index contributed by atoms with van der Waals surface area (Å²) in [5.41, 5.74) is 8.20. The second-order valence-corrected chi connectivity index (χ2v) is 6.45. The van der Waals surface area contributed by atoms with Gasteiger partial charge in [-0.15, -0.1) is 0 Å². The molecule has 0 aromatic heterocycles.